The molecule has 3 amide bonds. The summed E-state index contributed by atoms with van der Waals surface area (Å²) in [6, 6.07) is 15.3. The lowest BCUT2D eigenvalue weighted by Crippen LogP contribution is -2.53. The normalized spacial score (nSPS) is 18.2. The number of carbonyl (C=O) groups is 2. The SMILES string of the molecule is COc1ccc(NC(=O)N2CCC3(CC2)SCC(=O)N3c2cccc(C)c2)cc1. The van der Waals surface area contributed by atoms with Crippen LogP contribution in [0.4, 0.5) is 16.2 Å². The number of amides is 3. The van der Waals surface area contributed by atoms with Crippen LogP contribution in [-0.4, -0.2) is 47.7 Å². The summed E-state index contributed by atoms with van der Waals surface area (Å²) in [5.41, 5.74) is 2.83. The van der Waals surface area contributed by atoms with E-state index in [1.54, 1.807) is 18.9 Å². The summed E-state index contributed by atoms with van der Waals surface area (Å²) in [6.45, 7) is 3.27. The summed E-state index contributed by atoms with van der Waals surface area (Å²) in [6.07, 6.45) is 1.51. The molecule has 2 aliphatic rings. The van der Waals surface area contributed by atoms with Crippen molar-refractivity contribution in [3.8, 4) is 5.75 Å². The fraction of sp³-hybridized carbons (Fsp3) is 0.364. The number of nitrogens with zero attached hydrogens (tertiary/aromatic N) is 2. The summed E-state index contributed by atoms with van der Waals surface area (Å²) in [5.74, 6) is 1.39. The van der Waals surface area contributed by atoms with Crippen molar-refractivity contribution >= 4 is 35.1 Å². The van der Waals surface area contributed by atoms with E-state index in [0.717, 1.165) is 35.5 Å². The molecule has 0 aromatic heterocycles. The highest BCUT2D eigenvalue weighted by molar-refractivity contribution is 8.02. The highest BCUT2D eigenvalue weighted by Crippen LogP contribution is 2.46. The number of anilines is 2. The van der Waals surface area contributed by atoms with Gasteiger partial charge in [-0.1, -0.05) is 12.1 Å². The van der Waals surface area contributed by atoms with Gasteiger partial charge in [0.05, 0.1) is 17.7 Å². The number of piperidine rings is 1. The van der Waals surface area contributed by atoms with Crippen molar-refractivity contribution in [3.63, 3.8) is 0 Å². The van der Waals surface area contributed by atoms with Crippen LogP contribution in [0.2, 0.25) is 0 Å². The van der Waals surface area contributed by atoms with E-state index in [1.165, 1.54) is 0 Å². The molecule has 2 aromatic carbocycles. The molecule has 1 N–H and O–H groups in total. The first-order valence-corrected chi connectivity index (χ1v) is 10.7. The second-order valence-corrected chi connectivity index (χ2v) is 8.79. The van der Waals surface area contributed by atoms with Gasteiger partial charge in [0.2, 0.25) is 5.91 Å². The highest BCUT2D eigenvalue weighted by Gasteiger charge is 2.49. The number of carbonyl (C=O) groups excluding carboxylic acids is 2. The van der Waals surface area contributed by atoms with Gasteiger partial charge in [0.1, 0.15) is 5.75 Å². The fourth-order valence-electron chi connectivity index (χ4n) is 4.00. The van der Waals surface area contributed by atoms with E-state index in [9.17, 15) is 9.59 Å². The van der Waals surface area contributed by atoms with Gasteiger partial charge in [-0.2, -0.15) is 0 Å². The monoisotopic (exact) mass is 411 g/mol. The summed E-state index contributed by atoms with van der Waals surface area (Å²) < 4.78 is 5.15. The lowest BCUT2D eigenvalue weighted by molar-refractivity contribution is -0.116. The molecule has 2 fully saturated rings. The van der Waals surface area contributed by atoms with E-state index in [2.05, 4.69) is 11.4 Å². The predicted molar refractivity (Wildman–Crippen MR) is 117 cm³/mol. The van der Waals surface area contributed by atoms with Gasteiger partial charge < -0.3 is 15.0 Å². The third-order valence-corrected chi connectivity index (χ3v) is 7.07. The minimum Gasteiger partial charge on any atom is -0.497 e. The average molecular weight is 412 g/mol. The van der Waals surface area contributed by atoms with E-state index in [-0.39, 0.29) is 16.8 Å². The maximum absolute atomic E-state index is 12.7. The Labute approximate surface area is 175 Å². The molecule has 152 valence electrons. The third-order valence-electron chi connectivity index (χ3n) is 5.55. The summed E-state index contributed by atoms with van der Waals surface area (Å²) in [5, 5.41) is 2.95. The van der Waals surface area contributed by atoms with Crippen LogP contribution in [0.1, 0.15) is 18.4 Å². The molecule has 0 aliphatic carbocycles. The van der Waals surface area contributed by atoms with Crippen LogP contribution in [0.3, 0.4) is 0 Å². The number of methoxy groups -OCH3 is 1. The first-order valence-electron chi connectivity index (χ1n) is 9.74. The van der Waals surface area contributed by atoms with Crippen LogP contribution in [0, 0.1) is 6.92 Å². The molecule has 2 heterocycles. The Hall–Kier alpha value is -2.67. The van der Waals surface area contributed by atoms with Gasteiger partial charge in [-0.3, -0.25) is 9.69 Å². The molecular formula is C22H25N3O3S. The Kier molecular flexibility index (Phi) is 5.41. The van der Waals surface area contributed by atoms with Crippen molar-refractivity contribution in [2.24, 2.45) is 0 Å². The molecule has 7 heteroatoms. The van der Waals surface area contributed by atoms with Crippen molar-refractivity contribution in [1.29, 1.82) is 0 Å². The predicted octanol–water partition coefficient (Wildman–Crippen LogP) is 4.11. The largest absolute Gasteiger partial charge is 0.497 e. The smallest absolute Gasteiger partial charge is 0.321 e. The highest BCUT2D eigenvalue weighted by atomic mass is 32.2. The Balaban J connectivity index is 1.43. The molecule has 0 saturated carbocycles. The van der Waals surface area contributed by atoms with E-state index in [0.29, 0.717) is 18.8 Å². The van der Waals surface area contributed by atoms with Crippen LogP contribution in [-0.2, 0) is 4.79 Å². The number of nitrogens with one attached hydrogen (secondary N) is 1. The van der Waals surface area contributed by atoms with Gasteiger partial charge in [-0.25, -0.2) is 4.79 Å². The topological polar surface area (TPSA) is 61.9 Å². The number of thioether (sulfide) groups is 1. The molecule has 29 heavy (non-hydrogen) atoms. The van der Waals surface area contributed by atoms with Crippen LogP contribution in [0.5, 0.6) is 5.75 Å². The fourth-order valence-corrected chi connectivity index (χ4v) is 5.33. The summed E-state index contributed by atoms with van der Waals surface area (Å²) in [7, 11) is 1.61. The number of likely N-dealkylation sites (tertiary alicyclic amines) is 1. The van der Waals surface area contributed by atoms with E-state index < -0.39 is 0 Å². The number of urea groups is 1. The molecule has 1 spiro atoms. The van der Waals surface area contributed by atoms with Gasteiger partial charge in [0, 0.05) is 24.5 Å². The zero-order valence-electron chi connectivity index (χ0n) is 16.7. The Morgan fingerprint density at radius 2 is 1.86 bits per heavy atom. The maximum Gasteiger partial charge on any atom is 0.321 e. The van der Waals surface area contributed by atoms with Gasteiger partial charge in [0.25, 0.3) is 0 Å². The number of benzene rings is 2. The second kappa shape index (κ2) is 7.99. The molecule has 0 unspecified atom stereocenters. The first-order chi connectivity index (χ1) is 14.0. The van der Waals surface area contributed by atoms with Crippen LogP contribution < -0.4 is 15.0 Å². The number of hydrogen-bond acceptors (Lipinski definition) is 4. The number of hydrogen-bond donors (Lipinski definition) is 1. The minimum atomic E-state index is -0.262. The zero-order chi connectivity index (χ0) is 20.4. The Morgan fingerprint density at radius 3 is 2.52 bits per heavy atom. The maximum atomic E-state index is 12.7. The van der Waals surface area contributed by atoms with Crippen LogP contribution in [0.15, 0.2) is 48.5 Å². The molecule has 6 nitrogen and oxygen atoms in total. The molecular weight excluding hydrogens is 386 g/mol. The lowest BCUT2D eigenvalue weighted by Gasteiger charge is -2.44. The third kappa shape index (κ3) is 3.92. The Bertz CT molecular complexity index is 908. The van der Waals surface area contributed by atoms with Crippen molar-refractivity contribution in [1.82, 2.24) is 4.90 Å². The first kappa shape index (κ1) is 19.6. The summed E-state index contributed by atoms with van der Waals surface area (Å²) >= 11 is 1.71. The van der Waals surface area contributed by atoms with Crippen LogP contribution >= 0.6 is 11.8 Å². The second-order valence-electron chi connectivity index (χ2n) is 7.45. The molecule has 2 aromatic rings. The number of ether oxygens (including phenoxy) is 1. The Morgan fingerprint density at radius 1 is 1.14 bits per heavy atom. The quantitative estimate of drug-likeness (QED) is 0.826. The average Bonchev–Trinajstić information content (AvgIpc) is 3.04. The standard InChI is InChI=1S/C22H25N3O3S/c1-16-4-3-5-18(14-16)25-20(26)15-29-22(25)10-12-24(13-11-22)21(27)23-17-6-8-19(28-2)9-7-17/h3-9,14H,10-13,15H2,1-2H3,(H,23,27). The molecule has 0 atom stereocenters. The zero-order valence-corrected chi connectivity index (χ0v) is 17.5. The van der Waals surface area contributed by atoms with E-state index in [4.69, 9.17) is 4.74 Å². The van der Waals surface area contributed by atoms with Crippen molar-refractivity contribution < 1.29 is 14.3 Å². The van der Waals surface area contributed by atoms with E-state index >= 15 is 0 Å². The van der Waals surface area contributed by atoms with Crippen molar-refractivity contribution in [2.75, 3.05) is 36.2 Å². The summed E-state index contributed by atoms with van der Waals surface area (Å²) in [4.78, 5) is 28.9. The molecule has 2 saturated heterocycles. The number of rotatable bonds is 3. The van der Waals surface area contributed by atoms with Crippen LogP contribution in [0.25, 0.3) is 0 Å². The minimum absolute atomic E-state index is 0.110. The molecule has 0 bridgehead atoms. The van der Waals surface area contributed by atoms with Gasteiger partial charge >= 0.3 is 6.03 Å². The molecule has 2 aliphatic heterocycles. The molecule has 4 rings (SSSR count). The van der Waals surface area contributed by atoms with Gasteiger partial charge in [-0.05, 0) is 61.7 Å². The van der Waals surface area contributed by atoms with Crippen molar-refractivity contribution in [2.45, 2.75) is 24.6 Å². The molecule has 0 radical (unpaired) electrons. The van der Waals surface area contributed by atoms with Gasteiger partial charge in [-0.15, -0.1) is 11.8 Å². The van der Waals surface area contributed by atoms with Gasteiger partial charge in [0.15, 0.2) is 0 Å². The van der Waals surface area contributed by atoms with E-state index in [1.807, 2.05) is 59.2 Å². The number of aryl methyl sites for hydroxylation is 1. The van der Waals surface area contributed by atoms with Crippen molar-refractivity contribution in [3.05, 3.63) is 54.1 Å². The lowest BCUT2D eigenvalue weighted by atomic mass is 10.0.